The minimum atomic E-state index is -1.39. The lowest BCUT2D eigenvalue weighted by Crippen LogP contribution is -2.59. The van der Waals surface area contributed by atoms with E-state index in [4.69, 9.17) is 14.2 Å². The first-order valence-corrected chi connectivity index (χ1v) is 7.04. The highest BCUT2D eigenvalue weighted by molar-refractivity contribution is 5.89. The van der Waals surface area contributed by atoms with Crippen molar-refractivity contribution in [2.45, 2.75) is 37.6 Å². The SMILES string of the molecule is C=CCO[C@@H]1[C@H](O)[C@@H](O)O[C@H](C)[C@H]1OC(=O)c1ccccc1. The van der Waals surface area contributed by atoms with Gasteiger partial charge in [-0.05, 0) is 19.1 Å². The second kappa shape index (κ2) is 7.51. The number of carbonyl (C=O) groups is 1. The number of aliphatic hydroxyl groups is 2. The van der Waals surface area contributed by atoms with Gasteiger partial charge in [0, 0.05) is 0 Å². The summed E-state index contributed by atoms with van der Waals surface area (Å²) in [6.45, 7) is 5.33. The molecule has 1 saturated heterocycles. The topological polar surface area (TPSA) is 85.2 Å². The molecular formula is C16H20O6. The molecule has 0 unspecified atom stereocenters. The Hall–Kier alpha value is -1.73. The molecule has 0 aromatic heterocycles. The van der Waals surface area contributed by atoms with Crippen LogP contribution in [0.4, 0.5) is 0 Å². The number of hydrogen-bond acceptors (Lipinski definition) is 6. The molecule has 0 saturated carbocycles. The number of esters is 1. The third kappa shape index (κ3) is 3.72. The monoisotopic (exact) mass is 308 g/mol. The van der Waals surface area contributed by atoms with E-state index >= 15 is 0 Å². The van der Waals surface area contributed by atoms with E-state index in [1.54, 1.807) is 37.3 Å². The van der Waals surface area contributed by atoms with Gasteiger partial charge in [0.15, 0.2) is 12.4 Å². The van der Waals surface area contributed by atoms with Crippen molar-refractivity contribution in [1.29, 1.82) is 0 Å². The molecule has 5 atom stereocenters. The van der Waals surface area contributed by atoms with Crippen molar-refractivity contribution in [2.24, 2.45) is 0 Å². The quantitative estimate of drug-likeness (QED) is 0.620. The van der Waals surface area contributed by atoms with Crippen molar-refractivity contribution in [2.75, 3.05) is 6.61 Å². The summed E-state index contributed by atoms with van der Waals surface area (Å²) < 4.78 is 16.1. The van der Waals surface area contributed by atoms with E-state index < -0.39 is 36.7 Å². The number of hydrogen-bond donors (Lipinski definition) is 2. The molecule has 1 fully saturated rings. The van der Waals surface area contributed by atoms with Gasteiger partial charge in [-0.1, -0.05) is 24.3 Å². The summed E-state index contributed by atoms with van der Waals surface area (Å²) in [5.41, 5.74) is 0.387. The summed E-state index contributed by atoms with van der Waals surface area (Å²) in [5.74, 6) is -0.545. The highest BCUT2D eigenvalue weighted by Gasteiger charge is 2.45. The number of carbonyl (C=O) groups excluding carboxylic acids is 1. The molecule has 6 heteroatoms. The van der Waals surface area contributed by atoms with Crippen LogP contribution in [0, 0.1) is 0 Å². The molecule has 0 aliphatic carbocycles. The van der Waals surface area contributed by atoms with Crippen molar-refractivity contribution in [3.63, 3.8) is 0 Å². The van der Waals surface area contributed by atoms with Crippen molar-refractivity contribution < 1.29 is 29.2 Å². The molecule has 120 valence electrons. The average molecular weight is 308 g/mol. The second-order valence-electron chi connectivity index (χ2n) is 5.04. The summed E-state index contributed by atoms with van der Waals surface area (Å²) >= 11 is 0. The van der Waals surface area contributed by atoms with Crippen molar-refractivity contribution >= 4 is 5.97 Å². The van der Waals surface area contributed by atoms with Gasteiger partial charge in [-0.2, -0.15) is 0 Å². The Morgan fingerprint density at radius 3 is 2.64 bits per heavy atom. The third-order valence-electron chi connectivity index (χ3n) is 3.43. The van der Waals surface area contributed by atoms with Crippen molar-refractivity contribution in [3.8, 4) is 0 Å². The van der Waals surface area contributed by atoms with Crippen LogP contribution >= 0.6 is 0 Å². The van der Waals surface area contributed by atoms with Gasteiger partial charge in [0.25, 0.3) is 0 Å². The van der Waals surface area contributed by atoms with Gasteiger partial charge in [-0.15, -0.1) is 6.58 Å². The van der Waals surface area contributed by atoms with Crippen LogP contribution in [0.5, 0.6) is 0 Å². The summed E-state index contributed by atoms with van der Waals surface area (Å²) in [5, 5.41) is 19.7. The fourth-order valence-electron chi connectivity index (χ4n) is 2.30. The van der Waals surface area contributed by atoms with Crippen LogP contribution < -0.4 is 0 Å². The van der Waals surface area contributed by atoms with E-state index in [1.807, 2.05) is 0 Å². The van der Waals surface area contributed by atoms with E-state index in [2.05, 4.69) is 6.58 Å². The van der Waals surface area contributed by atoms with Crippen LogP contribution in [0.25, 0.3) is 0 Å². The van der Waals surface area contributed by atoms with E-state index in [9.17, 15) is 15.0 Å². The molecule has 22 heavy (non-hydrogen) atoms. The Labute approximate surface area is 128 Å². The largest absolute Gasteiger partial charge is 0.453 e. The molecule has 0 bridgehead atoms. The molecule has 1 heterocycles. The summed E-state index contributed by atoms with van der Waals surface area (Å²) in [7, 11) is 0. The summed E-state index contributed by atoms with van der Waals surface area (Å²) in [6, 6.07) is 8.49. The zero-order valence-corrected chi connectivity index (χ0v) is 12.3. The number of benzene rings is 1. The van der Waals surface area contributed by atoms with Gasteiger partial charge in [0.2, 0.25) is 0 Å². The van der Waals surface area contributed by atoms with E-state index in [0.29, 0.717) is 5.56 Å². The van der Waals surface area contributed by atoms with Crippen LogP contribution in [-0.4, -0.2) is 53.5 Å². The van der Waals surface area contributed by atoms with Crippen LogP contribution in [0.1, 0.15) is 17.3 Å². The van der Waals surface area contributed by atoms with E-state index in [-0.39, 0.29) is 6.61 Å². The first-order chi connectivity index (χ1) is 10.5. The molecular weight excluding hydrogens is 288 g/mol. The fraction of sp³-hybridized carbons (Fsp3) is 0.438. The Morgan fingerprint density at radius 1 is 1.32 bits per heavy atom. The first-order valence-electron chi connectivity index (χ1n) is 7.04. The maximum absolute atomic E-state index is 12.2. The second-order valence-corrected chi connectivity index (χ2v) is 5.04. The molecule has 0 spiro atoms. The number of aliphatic hydroxyl groups excluding tert-OH is 2. The van der Waals surface area contributed by atoms with Gasteiger partial charge in [0.1, 0.15) is 12.2 Å². The fourth-order valence-corrected chi connectivity index (χ4v) is 2.30. The summed E-state index contributed by atoms with van der Waals surface area (Å²) in [6.07, 6.45) is -3.56. The average Bonchev–Trinajstić information content (AvgIpc) is 2.53. The Morgan fingerprint density at radius 2 is 2.00 bits per heavy atom. The molecule has 0 radical (unpaired) electrons. The normalized spacial score (nSPS) is 31.5. The molecule has 0 amide bonds. The van der Waals surface area contributed by atoms with Gasteiger partial charge < -0.3 is 24.4 Å². The van der Waals surface area contributed by atoms with Crippen LogP contribution in [-0.2, 0) is 14.2 Å². The molecule has 2 rings (SSSR count). The Bertz CT molecular complexity index is 503. The van der Waals surface area contributed by atoms with Crippen LogP contribution in [0.15, 0.2) is 43.0 Å². The van der Waals surface area contributed by atoms with Crippen molar-refractivity contribution in [1.82, 2.24) is 0 Å². The molecule has 1 aromatic rings. The highest BCUT2D eigenvalue weighted by atomic mass is 16.7. The minimum Gasteiger partial charge on any atom is -0.453 e. The number of ether oxygens (including phenoxy) is 3. The zero-order chi connectivity index (χ0) is 16.1. The smallest absolute Gasteiger partial charge is 0.338 e. The molecule has 6 nitrogen and oxygen atoms in total. The maximum atomic E-state index is 12.2. The predicted molar refractivity (Wildman–Crippen MR) is 78.1 cm³/mol. The lowest BCUT2D eigenvalue weighted by Gasteiger charge is -2.41. The predicted octanol–water partition coefficient (Wildman–Crippen LogP) is 0.881. The molecule has 2 N–H and O–H groups in total. The Balaban J connectivity index is 2.13. The molecule has 1 aliphatic rings. The van der Waals surface area contributed by atoms with Crippen LogP contribution in [0.3, 0.4) is 0 Å². The Kier molecular flexibility index (Phi) is 5.68. The van der Waals surface area contributed by atoms with Gasteiger partial charge in [-0.25, -0.2) is 4.79 Å². The third-order valence-corrected chi connectivity index (χ3v) is 3.43. The van der Waals surface area contributed by atoms with Crippen LogP contribution in [0.2, 0.25) is 0 Å². The maximum Gasteiger partial charge on any atom is 0.338 e. The lowest BCUT2D eigenvalue weighted by atomic mass is 9.99. The minimum absolute atomic E-state index is 0.153. The van der Waals surface area contributed by atoms with Gasteiger partial charge >= 0.3 is 5.97 Å². The molecule has 1 aromatic carbocycles. The standard InChI is InChI=1S/C16H20O6/c1-3-9-20-14-12(17)16(19)21-10(2)13(14)22-15(18)11-7-5-4-6-8-11/h3-8,10,12-14,16-17,19H,1,9H2,2H3/t10-,12+,13-,14-,16+/m1/s1. The number of rotatable bonds is 5. The highest BCUT2D eigenvalue weighted by Crippen LogP contribution is 2.25. The van der Waals surface area contributed by atoms with Crippen molar-refractivity contribution in [3.05, 3.63) is 48.6 Å². The summed E-state index contributed by atoms with van der Waals surface area (Å²) in [4.78, 5) is 12.2. The lowest BCUT2D eigenvalue weighted by molar-refractivity contribution is -0.283. The zero-order valence-electron chi connectivity index (χ0n) is 12.3. The van der Waals surface area contributed by atoms with Gasteiger partial charge in [-0.3, -0.25) is 0 Å². The van der Waals surface area contributed by atoms with Gasteiger partial charge in [0.05, 0.1) is 18.3 Å². The molecule has 1 aliphatic heterocycles. The van der Waals surface area contributed by atoms with E-state index in [1.165, 1.54) is 6.08 Å². The first kappa shape index (κ1) is 16.6. The van der Waals surface area contributed by atoms with E-state index in [0.717, 1.165) is 0 Å².